The van der Waals surface area contributed by atoms with Gasteiger partial charge in [-0.1, -0.05) is 0 Å². The Hall–Kier alpha value is 2.10. The Balaban J connectivity index is -0.0000000450. The van der Waals surface area contributed by atoms with E-state index in [4.69, 9.17) is 15.0 Å². The van der Waals surface area contributed by atoms with Crippen LogP contribution >= 0.6 is 0 Å². The summed E-state index contributed by atoms with van der Waals surface area (Å²) in [5.41, 5.74) is 0. The first kappa shape index (κ1) is 15.7. The summed E-state index contributed by atoms with van der Waals surface area (Å²) < 4.78 is 0. The molecule has 0 radical (unpaired) electrons. The zero-order valence-electron chi connectivity index (χ0n) is 2.43. The van der Waals surface area contributed by atoms with Crippen LogP contribution in [0.5, 0.6) is 0 Å². The van der Waals surface area contributed by atoms with E-state index < -0.39 is 6.16 Å². The van der Waals surface area contributed by atoms with Crippen LogP contribution in [-0.2, 0) is 0 Å². The van der Waals surface area contributed by atoms with Gasteiger partial charge in [0.25, 0.3) is 0 Å². The molecular weight excluding hydrogens is 237 g/mol. The van der Waals surface area contributed by atoms with Gasteiger partial charge in [0.1, 0.15) is 0 Å². The molecule has 0 saturated heterocycles. The van der Waals surface area contributed by atoms with Crippen molar-refractivity contribution in [1.82, 2.24) is 0 Å². The molecule has 0 aromatic heterocycles. The van der Waals surface area contributed by atoms with E-state index >= 15 is 0 Å². The van der Waals surface area contributed by atoms with Gasteiger partial charge in [0.15, 0.2) is 0 Å². The molecule has 28 valence electrons. The normalized spacial score (nSPS) is 4.00. The molecule has 0 heterocycles. The molecule has 0 fully saturated rings. The summed E-state index contributed by atoms with van der Waals surface area (Å²) in [4.78, 5) is 8.33. The average molecular weight is 239 g/mol. The van der Waals surface area contributed by atoms with Crippen molar-refractivity contribution in [2.24, 2.45) is 0 Å². The van der Waals surface area contributed by atoms with Crippen molar-refractivity contribution in [1.29, 1.82) is 0 Å². The van der Waals surface area contributed by atoms with Gasteiger partial charge in [-0.2, -0.15) is 0 Å². The van der Waals surface area contributed by atoms with Crippen molar-refractivity contribution >= 4 is 92.8 Å². The first-order valence-corrected chi connectivity index (χ1v) is 0.612. The number of hydrogen-bond acceptors (Lipinski definition) is 3. The summed E-state index contributed by atoms with van der Waals surface area (Å²) in [7, 11) is 0. The fourth-order valence-corrected chi connectivity index (χ4v) is 0. The van der Waals surface area contributed by atoms with Crippen LogP contribution in [0.15, 0.2) is 0 Å². The van der Waals surface area contributed by atoms with Crippen LogP contribution in [-0.4, -0.2) is 92.8 Å². The number of carboxylic acid groups (broad SMARTS) is 2. The summed E-state index contributed by atoms with van der Waals surface area (Å²) in [5, 5.41) is 16.7. The molecule has 0 unspecified atom stereocenters. The van der Waals surface area contributed by atoms with Gasteiger partial charge in [-0.3, -0.25) is 0 Å². The van der Waals surface area contributed by atoms with E-state index in [0.29, 0.717) is 0 Å². The molecule has 0 amide bonds. The molecule has 0 aliphatic carbocycles. The summed E-state index contributed by atoms with van der Waals surface area (Å²) in [6.45, 7) is 0. The average Bonchev–Trinajstić information content (AvgIpc) is 0.811. The van der Waals surface area contributed by atoms with Crippen LogP contribution in [0, 0.1) is 0 Å². The number of carbonyl (C=O) groups excluding carboxylic acids is 1. The van der Waals surface area contributed by atoms with E-state index in [-0.39, 0.29) is 86.6 Å². The van der Waals surface area contributed by atoms with Gasteiger partial charge in [0.2, 0.25) is 0 Å². The Morgan fingerprint density at radius 1 is 1.33 bits per heavy atom. The molecule has 3 nitrogen and oxygen atoms in total. The van der Waals surface area contributed by atoms with Gasteiger partial charge in [-0.05, 0) is 6.16 Å². The molecule has 0 bridgehead atoms. The van der Waals surface area contributed by atoms with Gasteiger partial charge >= 0.3 is 86.6 Å². The van der Waals surface area contributed by atoms with Crippen LogP contribution in [0.4, 0.5) is 4.79 Å². The minimum atomic E-state index is -2.33. The predicted molar refractivity (Wildman–Crippen MR) is 19.7 cm³/mol. The molecular formula is CH2BaCaO3. The Bertz CT molecular complexity index is 33.8. The number of carbonyl (C=O) groups is 1. The molecule has 0 atom stereocenters. The first-order chi connectivity index (χ1) is 1.73. The zero-order chi connectivity index (χ0) is 3.58. The summed E-state index contributed by atoms with van der Waals surface area (Å²) in [6.07, 6.45) is -2.33. The van der Waals surface area contributed by atoms with Crippen LogP contribution in [0.1, 0.15) is 0 Å². The van der Waals surface area contributed by atoms with Gasteiger partial charge < -0.3 is 15.0 Å². The summed E-state index contributed by atoms with van der Waals surface area (Å²) >= 11 is 0. The molecule has 0 aliphatic rings. The molecule has 0 aromatic carbocycles. The topological polar surface area (TPSA) is 63.2 Å². The minimum absolute atomic E-state index is 0. The van der Waals surface area contributed by atoms with E-state index in [1.165, 1.54) is 0 Å². The van der Waals surface area contributed by atoms with E-state index in [2.05, 4.69) is 0 Å². The summed E-state index contributed by atoms with van der Waals surface area (Å²) in [5.74, 6) is 0. The molecule has 0 rings (SSSR count). The Morgan fingerprint density at radius 3 is 1.33 bits per heavy atom. The molecule has 6 heavy (non-hydrogen) atoms. The van der Waals surface area contributed by atoms with E-state index in [9.17, 15) is 0 Å². The van der Waals surface area contributed by atoms with Crippen molar-refractivity contribution in [3.63, 3.8) is 0 Å². The van der Waals surface area contributed by atoms with Crippen molar-refractivity contribution in [2.75, 3.05) is 0 Å². The van der Waals surface area contributed by atoms with Crippen LogP contribution in [0.25, 0.3) is 0 Å². The van der Waals surface area contributed by atoms with Crippen molar-refractivity contribution in [3.8, 4) is 0 Å². The van der Waals surface area contributed by atoms with Gasteiger partial charge in [0, 0.05) is 0 Å². The van der Waals surface area contributed by atoms with Crippen LogP contribution < -0.4 is 10.2 Å². The second-order valence-electron chi connectivity index (χ2n) is 0.250. The molecule has 0 aliphatic heterocycles. The number of hydrogen-bond donors (Lipinski definition) is 0. The standard InChI is InChI=1S/CH2O3.Ba.Ca.2H/c2-1(3)4;;;;/h(H2,2,3,4);;;;/q;+2;;;/p-2. The third-order valence-corrected chi connectivity index (χ3v) is 0. The third-order valence-electron chi connectivity index (χ3n) is 0. The van der Waals surface area contributed by atoms with E-state index in [1.54, 1.807) is 0 Å². The van der Waals surface area contributed by atoms with Gasteiger partial charge in [-0.15, -0.1) is 0 Å². The summed E-state index contributed by atoms with van der Waals surface area (Å²) in [6, 6.07) is 0. The second kappa shape index (κ2) is 10.2. The van der Waals surface area contributed by atoms with Crippen molar-refractivity contribution in [2.45, 2.75) is 0 Å². The monoisotopic (exact) mass is 240 g/mol. The zero-order valence-corrected chi connectivity index (χ0v) is 6.87. The van der Waals surface area contributed by atoms with E-state index in [1.807, 2.05) is 0 Å². The van der Waals surface area contributed by atoms with Crippen LogP contribution in [0.3, 0.4) is 0 Å². The van der Waals surface area contributed by atoms with Crippen molar-refractivity contribution < 1.29 is 15.0 Å². The Labute approximate surface area is 105 Å². The quantitative estimate of drug-likeness (QED) is 0.408. The molecule has 0 saturated carbocycles. The fraction of sp³-hybridized carbons (Fsp3) is 0. The molecule has 5 heteroatoms. The van der Waals surface area contributed by atoms with Crippen LogP contribution in [0.2, 0.25) is 0 Å². The Morgan fingerprint density at radius 2 is 1.33 bits per heavy atom. The first-order valence-electron chi connectivity index (χ1n) is 0.612. The van der Waals surface area contributed by atoms with E-state index in [0.717, 1.165) is 0 Å². The van der Waals surface area contributed by atoms with Gasteiger partial charge in [-0.25, -0.2) is 0 Å². The van der Waals surface area contributed by atoms with Gasteiger partial charge in [0.05, 0.1) is 0 Å². The fourth-order valence-electron chi connectivity index (χ4n) is 0. The SMILES string of the molecule is O=C([O-])[O-].[Ba+2].[CaH2]. The maximum absolute atomic E-state index is 8.33. The molecule has 0 spiro atoms. The number of rotatable bonds is 0. The second-order valence-corrected chi connectivity index (χ2v) is 0.250. The Kier molecular flexibility index (Phi) is 26.6. The third kappa shape index (κ3) is 36.0. The molecule has 0 aromatic rings. The molecule has 0 N–H and O–H groups in total. The van der Waals surface area contributed by atoms with Crippen molar-refractivity contribution in [3.05, 3.63) is 0 Å². The predicted octanol–water partition coefficient (Wildman–Crippen LogP) is -3.74. The maximum atomic E-state index is 8.33.